The first-order chi connectivity index (χ1) is 17.6. The van der Waals surface area contributed by atoms with Crippen molar-refractivity contribution in [3.63, 3.8) is 0 Å². The molecular formula is C29H39N3O4. The van der Waals surface area contributed by atoms with Crippen LogP contribution in [0.4, 0.5) is 0 Å². The van der Waals surface area contributed by atoms with E-state index in [0.717, 1.165) is 64.2 Å². The van der Waals surface area contributed by atoms with Crippen LogP contribution in [0.3, 0.4) is 0 Å². The van der Waals surface area contributed by atoms with Crippen LogP contribution < -0.4 is 9.47 Å². The fourth-order valence-electron chi connectivity index (χ4n) is 5.73. The monoisotopic (exact) mass is 493 g/mol. The van der Waals surface area contributed by atoms with Crippen molar-refractivity contribution in [1.82, 2.24) is 14.7 Å². The summed E-state index contributed by atoms with van der Waals surface area (Å²) in [6.07, 6.45) is 3.89. The molecule has 2 aromatic rings. The van der Waals surface area contributed by atoms with E-state index in [1.165, 1.54) is 11.1 Å². The van der Waals surface area contributed by atoms with Crippen molar-refractivity contribution in [2.45, 2.75) is 51.4 Å². The van der Waals surface area contributed by atoms with Gasteiger partial charge in [0.05, 0.1) is 18.2 Å². The minimum Gasteiger partial charge on any atom is -0.491 e. The molecular weight excluding hydrogens is 454 g/mol. The molecule has 2 unspecified atom stereocenters. The van der Waals surface area contributed by atoms with E-state index in [-0.39, 0.29) is 12.0 Å². The molecule has 2 aromatic carbocycles. The van der Waals surface area contributed by atoms with Crippen LogP contribution in [0.15, 0.2) is 42.5 Å². The van der Waals surface area contributed by atoms with Crippen LogP contribution >= 0.6 is 0 Å². The van der Waals surface area contributed by atoms with Crippen molar-refractivity contribution in [2.75, 3.05) is 52.4 Å². The van der Waals surface area contributed by atoms with Crippen LogP contribution in [-0.4, -0.2) is 90.3 Å². The predicted molar refractivity (Wildman–Crippen MR) is 140 cm³/mol. The molecule has 0 bridgehead atoms. The molecule has 1 fully saturated rings. The van der Waals surface area contributed by atoms with Gasteiger partial charge in [-0.2, -0.15) is 0 Å². The van der Waals surface area contributed by atoms with Crippen molar-refractivity contribution >= 4 is 5.91 Å². The maximum absolute atomic E-state index is 13.3. The SMILES string of the molecule is CCCN1CCCC(Oc2ccc3c(c2)OCCN(CC(O)CN2CCc4ccccc4C2)C3=O)C1. The van der Waals surface area contributed by atoms with E-state index in [0.29, 0.717) is 37.6 Å². The van der Waals surface area contributed by atoms with Crippen molar-refractivity contribution < 1.29 is 19.4 Å². The Hall–Kier alpha value is -2.61. The Morgan fingerprint density at radius 1 is 1.08 bits per heavy atom. The van der Waals surface area contributed by atoms with E-state index in [1.807, 2.05) is 18.2 Å². The number of aliphatic hydroxyl groups is 1. The lowest BCUT2D eigenvalue weighted by atomic mass is 10.00. The number of piperidine rings is 1. The number of β-amino-alcohol motifs (C(OH)–C–C–N with tert-alkyl or cyclic N) is 1. The average Bonchev–Trinajstić information content (AvgIpc) is 3.02. The van der Waals surface area contributed by atoms with E-state index in [1.54, 1.807) is 4.90 Å². The molecule has 3 heterocycles. The quantitative estimate of drug-likeness (QED) is 0.609. The Labute approximate surface area is 214 Å². The first kappa shape index (κ1) is 25.1. The lowest BCUT2D eigenvalue weighted by Crippen LogP contribution is -2.44. The number of fused-ring (bicyclic) bond motifs is 2. The first-order valence-corrected chi connectivity index (χ1v) is 13.5. The summed E-state index contributed by atoms with van der Waals surface area (Å²) >= 11 is 0. The van der Waals surface area contributed by atoms with Crippen LogP contribution in [0.5, 0.6) is 11.5 Å². The van der Waals surface area contributed by atoms with Crippen molar-refractivity contribution in [1.29, 1.82) is 0 Å². The number of likely N-dealkylation sites (tertiary alicyclic amines) is 1. The Bertz CT molecular complexity index is 1040. The molecule has 7 nitrogen and oxygen atoms in total. The standard InChI is InChI=1S/C29H39N3O4/c1-2-12-30-13-5-8-26(21-30)36-25-9-10-27-28(17-25)35-16-15-32(29(27)34)20-24(33)19-31-14-11-22-6-3-4-7-23(22)18-31/h3-4,6-7,9-10,17,24,26,33H,2,5,8,11-16,18-21H2,1H3. The van der Waals surface area contributed by atoms with Gasteiger partial charge in [0.15, 0.2) is 0 Å². The molecule has 1 saturated heterocycles. The summed E-state index contributed by atoms with van der Waals surface area (Å²) in [6.45, 7) is 8.87. The van der Waals surface area contributed by atoms with E-state index < -0.39 is 6.10 Å². The molecule has 0 saturated carbocycles. The van der Waals surface area contributed by atoms with Gasteiger partial charge in [0, 0.05) is 38.8 Å². The highest BCUT2D eigenvalue weighted by molar-refractivity contribution is 5.97. The molecule has 36 heavy (non-hydrogen) atoms. The Balaban J connectivity index is 1.18. The van der Waals surface area contributed by atoms with Gasteiger partial charge >= 0.3 is 0 Å². The molecule has 3 aliphatic rings. The van der Waals surface area contributed by atoms with Gasteiger partial charge in [-0.1, -0.05) is 31.2 Å². The smallest absolute Gasteiger partial charge is 0.257 e. The number of amides is 1. The maximum Gasteiger partial charge on any atom is 0.257 e. The van der Waals surface area contributed by atoms with Gasteiger partial charge in [0.25, 0.3) is 5.91 Å². The highest BCUT2D eigenvalue weighted by Gasteiger charge is 2.28. The molecule has 0 spiro atoms. The highest BCUT2D eigenvalue weighted by Crippen LogP contribution is 2.30. The number of hydrogen-bond donors (Lipinski definition) is 1. The largest absolute Gasteiger partial charge is 0.491 e. The summed E-state index contributed by atoms with van der Waals surface area (Å²) in [5.41, 5.74) is 3.26. The Morgan fingerprint density at radius 2 is 1.94 bits per heavy atom. The van der Waals surface area contributed by atoms with Gasteiger partial charge in [-0.05, 0) is 62.0 Å². The number of benzene rings is 2. The zero-order valence-electron chi connectivity index (χ0n) is 21.4. The van der Waals surface area contributed by atoms with Crippen LogP contribution in [0.2, 0.25) is 0 Å². The maximum atomic E-state index is 13.3. The van der Waals surface area contributed by atoms with Crippen molar-refractivity contribution in [2.24, 2.45) is 0 Å². The van der Waals surface area contributed by atoms with Crippen LogP contribution in [0, 0.1) is 0 Å². The minimum atomic E-state index is -0.610. The Kier molecular flexibility index (Phi) is 8.09. The van der Waals surface area contributed by atoms with Crippen LogP contribution in [0.25, 0.3) is 0 Å². The Morgan fingerprint density at radius 3 is 2.81 bits per heavy atom. The zero-order valence-corrected chi connectivity index (χ0v) is 21.4. The molecule has 7 heteroatoms. The minimum absolute atomic E-state index is 0.0936. The van der Waals surface area contributed by atoms with Crippen LogP contribution in [-0.2, 0) is 13.0 Å². The number of rotatable bonds is 8. The molecule has 1 amide bonds. The number of hydrogen-bond acceptors (Lipinski definition) is 6. The van der Waals surface area contributed by atoms with Crippen molar-refractivity contribution in [3.8, 4) is 11.5 Å². The molecule has 0 aromatic heterocycles. The van der Waals surface area contributed by atoms with Gasteiger partial charge in [0.1, 0.15) is 24.2 Å². The third kappa shape index (κ3) is 6.02. The molecule has 0 aliphatic carbocycles. The summed E-state index contributed by atoms with van der Waals surface area (Å²) in [5, 5.41) is 10.8. The lowest BCUT2D eigenvalue weighted by Gasteiger charge is -2.32. The van der Waals surface area contributed by atoms with E-state index >= 15 is 0 Å². The molecule has 3 aliphatic heterocycles. The second kappa shape index (κ2) is 11.6. The van der Waals surface area contributed by atoms with Crippen molar-refractivity contribution in [3.05, 3.63) is 59.2 Å². The van der Waals surface area contributed by atoms with Gasteiger partial charge in [-0.25, -0.2) is 0 Å². The van der Waals surface area contributed by atoms with Crippen LogP contribution in [0.1, 0.15) is 47.7 Å². The second-order valence-corrected chi connectivity index (χ2v) is 10.3. The van der Waals surface area contributed by atoms with Gasteiger partial charge in [0.2, 0.25) is 0 Å². The van der Waals surface area contributed by atoms with E-state index in [9.17, 15) is 9.90 Å². The predicted octanol–water partition coefficient (Wildman–Crippen LogP) is 3.19. The average molecular weight is 494 g/mol. The summed E-state index contributed by atoms with van der Waals surface area (Å²) in [4.78, 5) is 19.8. The molecule has 194 valence electrons. The fourth-order valence-corrected chi connectivity index (χ4v) is 5.73. The topological polar surface area (TPSA) is 65.5 Å². The summed E-state index contributed by atoms with van der Waals surface area (Å²) in [6, 6.07) is 14.0. The molecule has 2 atom stereocenters. The normalized spacial score (nSPS) is 21.8. The number of aliphatic hydroxyl groups excluding tert-OH is 1. The number of nitrogens with zero attached hydrogens (tertiary/aromatic N) is 3. The van der Waals surface area contributed by atoms with Gasteiger partial charge < -0.3 is 19.5 Å². The van der Waals surface area contributed by atoms with E-state index in [4.69, 9.17) is 9.47 Å². The highest BCUT2D eigenvalue weighted by atomic mass is 16.5. The fraction of sp³-hybridized carbons (Fsp3) is 0.552. The molecule has 5 rings (SSSR count). The first-order valence-electron chi connectivity index (χ1n) is 13.5. The van der Waals surface area contributed by atoms with E-state index in [2.05, 4.69) is 41.0 Å². The number of ether oxygens (including phenoxy) is 2. The third-order valence-electron chi connectivity index (χ3n) is 7.50. The lowest BCUT2D eigenvalue weighted by molar-refractivity contribution is 0.0501. The molecule has 1 N–H and O–H groups in total. The van der Waals surface area contributed by atoms with Gasteiger partial charge in [-0.3, -0.25) is 14.6 Å². The summed E-state index contributed by atoms with van der Waals surface area (Å²) in [5.74, 6) is 1.23. The number of carbonyl (C=O) groups excluding carboxylic acids is 1. The zero-order chi connectivity index (χ0) is 24.9. The summed E-state index contributed by atoms with van der Waals surface area (Å²) in [7, 11) is 0. The summed E-state index contributed by atoms with van der Waals surface area (Å²) < 4.78 is 12.2. The number of carbonyl (C=O) groups is 1. The third-order valence-corrected chi connectivity index (χ3v) is 7.50. The second-order valence-electron chi connectivity index (χ2n) is 10.3. The molecule has 0 radical (unpaired) electrons. The van der Waals surface area contributed by atoms with Gasteiger partial charge in [-0.15, -0.1) is 0 Å².